The van der Waals surface area contributed by atoms with E-state index in [-0.39, 0.29) is 5.91 Å². The number of unbranched alkanes of at least 4 members (excludes halogenated alkanes) is 1. The molecule has 0 fully saturated rings. The topological polar surface area (TPSA) is 69.5 Å². The van der Waals surface area contributed by atoms with Gasteiger partial charge < -0.3 is 14.4 Å². The number of thioether (sulfide) groups is 1. The van der Waals surface area contributed by atoms with Gasteiger partial charge in [-0.2, -0.15) is 0 Å². The first kappa shape index (κ1) is 29.8. The third-order valence-electron chi connectivity index (χ3n) is 6.45. The van der Waals surface area contributed by atoms with Crippen molar-refractivity contribution in [2.75, 3.05) is 33.6 Å². The van der Waals surface area contributed by atoms with Crippen LogP contribution in [0.3, 0.4) is 0 Å². The van der Waals surface area contributed by atoms with Crippen molar-refractivity contribution in [1.29, 1.82) is 0 Å². The molecule has 0 spiro atoms. The highest BCUT2D eigenvalue weighted by Crippen LogP contribution is 2.32. The number of hydrogen-bond donors (Lipinski definition) is 0. The molecule has 0 radical (unpaired) electrons. The van der Waals surface area contributed by atoms with Gasteiger partial charge in [-0.15, -0.1) is 10.2 Å². The van der Waals surface area contributed by atoms with Gasteiger partial charge in [-0.3, -0.25) is 9.36 Å². The van der Waals surface area contributed by atoms with Crippen LogP contribution in [0, 0.1) is 0 Å². The summed E-state index contributed by atoms with van der Waals surface area (Å²) in [5.74, 6) is 3.05. The molecular weight excluding hydrogens is 567 g/mol. The molecule has 210 valence electrons. The summed E-state index contributed by atoms with van der Waals surface area (Å²) in [5, 5.41) is 10.7. The number of rotatable bonds is 13. The lowest BCUT2D eigenvalue weighted by Crippen LogP contribution is -2.28. The molecule has 0 saturated carbocycles. The Morgan fingerprint density at radius 2 is 1.70 bits per heavy atom. The number of methoxy groups -OCH3 is 2. The van der Waals surface area contributed by atoms with Crippen molar-refractivity contribution in [3.63, 3.8) is 0 Å². The third-order valence-corrected chi connectivity index (χ3v) is 8.21. The highest BCUT2D eigenvalue weighted by atomic mass is 35.5. The molecule has 7 nitrogen and oxygen atoms in total. The molecule has 0 N–H and O–H groups in total. The molecular formula is C30H32Cl2N4O3S. The molecule has 0 aliphatic carbocycles. The van der Waals surface area contributed by atoms with Crippen molar-refractivity contribution in [2.24, 2.45) is 0 Å². The van der Waals surface area contributed by atoms with Crippen molar-refractivity contribution in [3.8, 4) is 28.6 Å². The number of carbonyl (C=O) groups is 1. The summed E-state index contributed by atoms with van der Waals surface area (Å²) >= 11 is 14.1. The molecule has 4 aromatic rings. The molecule has 1 heterocycles. The van der Waals surface area contributed by atoms with Crippen LogP contribution in [0.2, 0.25) is 10.0 Å². The summed E-state index contributed by atoms with van der Waals surface area (Å²) in [7, 11) is 5.09. The van der Waals surface area contributed by atoms with E-state index in [1.807, 2.05) is 72.3 Å². The van der Waals surface area contributed by atoms with E-state index in [9.17, 15) is 4.79 Å². The zero-order valence-electron chi connectivity index (χ0n) is 22.8. The summed E-state index contributed by atoms with van der Waals surface area (Å²) in [4.78, 5) is 14.5. The number of ether oxygens (including phenoxy) is 2. The summed E-state index contributed by atoms with van der Waals surface area (Å²) in [5.41, 5.74) is 2.89. The SMILES string of the molecule is COc1ccc(CCN(C)C(=O)CCCCSc2nnc(-c3ccccc3)n2-c2ccc(Cl)c(Cl)c2)cc1OC. The maximum absolute atomic E-state index is 12.7. The second kappa shape index (κ2) is 14.4. The van der Waals surface area contributed by atoms with Gasteiger partial charge in [0.2, 0.25) is 5.91 Å². The van der Waals surface area contributed by atoms with Crippen molar-refractivity contribution in [3.05, 3.63) is 82.3 Å². The normalized spacial score (nSPS) is 10.9. The Morgan fingerprint density at radius 3 is 2.42 bits per heavy atom. The minimum atomic E-state index is 0.135. The molecule has 0 aliphatic rings. The fraction of sp³-hybridized carbons (Fsp3) is 0.300. The minimum absolute atomic E-state index is 0.135. The Hall–Kier alpha value is -3.20. The van der Waals surface area contributed by atoms with E-state index in [4.69, 9.17) is 32.7 Å². The van der Waals surface area contributed by atoms with Crippen LogP contribution in [0.1, 0.15) is 24.8 Å². The summed E-state index contributed by atoms with van der Waals surface area (Å²) < 4.78 is 12.7. The second-order valence-electron chi connectivity index (χ2n) is 9.17. The van der Waals surface area contributed by atoms with E-state index in [1.54, 1.807) is 36.9 Å². The van der Waals surface area contributed by atoms with E-state index < -0.39 is 0 Å². The van der Waals surface area contributed by atoms with Crippen LogP contribution < -0.4 is 9.47 Å². The number of carbonyl (C=O) groups excluding carboxylic acids is 1. The molecule has 40 heavy (non-hydrogen) atoms. The average Bonchev–Trinajstić information content (AvgIpc) is 3.41. The van der Waals surface area contributed by atoms with Crippen molar-refractivity contribution in [1.82, 2.24) is 19.7 Å². The number of halogens is 2. The molecule has 4 rings (SSSR count). The first-order chi connectivity index (χ1) is 19.4. The number of hydrogen-bond acceptors (Lipinski definition) is 6. The van der Waals surface area contributed by atoms with Crippen LogP contribution in [-0.2, 0) is 11.2 Å². The van der Waals surface area contributed by atoms with Crippen LogP contribution in [0.25, 0.3) is 17.1 Å². The monoisotopic (exact) mass is 598 g/mol. The lowest BCUT2D eigenvalue weighted by atomic mass is 10.1. The Balaban J connectivity index is 1.31. The predicted octanol–water partition coefficient (Wildman–Crippen LogP) is 7.22. The number of amides is 1. The van der Waals surface area contributed by atoms with Gasteiger partial charge >= 0.3 is 0 Å². The third kappa shape index (κ3) is 7.50. The van der Waals surface area contributed by atoms with Crippen LogP contribution in [0.4, 0.5) is 0 Å². The predicted molar refractivity (Wildman–Crippen MR) is 162 cm³/mol. The lowest BCUT2D eigenvalue weighted by molar-refractivity contribution is -0.129. The van der Waals surface area contributed by atoms with Crippen molar-refractivity contribution >= 4 is 40.9 Å². The summed E-state index contributed by atoms with van der Waals surface area (Å²) in [6.45, 7) is 0.637. The highest BCUT2D eigenvalue weighted by Gasteiger charge is 2.17. The van der Waals surface area contributed by atoms with Gasteiger partial charge in [0.25, 0.3) is 0 Å². The molecule has 1 amide bonds. The number of nitrogens with zero attached hydrogens (tertiary/aromatic N) is 4. The van der Waals surface area contributed by atoms with Gasteiger partial charge in [0.1, 0.15) is 0 Å². The average molecular weight is 600 g/mol. The highest BCUT2D eigenvalue weighted by molar-refractivity contribution is 7.99. The van der Waals surface area contributed by atoms with E-state index in [0.717, 1.165) is 52.8 Å². The quantitative estimate of drug-likeness (QED) is 0.119. The summed E-state index contributed by atoms with van der Waals surface area (Å²) in [6.07, 6.45) is 2.90. The number of likely N-dealkylation sites (N-methyl/N-ethyl adjacent to an activating group) is 1. The zero-order chi connectivity index (χ0) is 28.5. The zero-order valence-corrected chi connectivity index (χ0v) is 25.1. The van der Waals surface area contributed by atoms with Gasteiger partial charge in [-0.1, -0.05) is 71.4 Å². The molecule has 0 aliphatic heterocycles. The van der Waals surface area contributed by atoms with E-state index >= 15 is 0 Å². The van der Waals surface area contributed by atoms with Gasteiger partial charge in [-0.25, -0.2) is 0 Å². The maximum Gasteiger partial charge on any atom is 0.222 e. The first-order valence-corrected chi connectivity index (χ1v) is 14.7. The van der Waals surface area contributed by atoms with Crippen LogP contribution in [-0.4, -0.2) is 59.1 Å². The maximum atomic E-state index is 12.7. The number of benzene rings is 3. The fourth-order valence-corrected chi connectivity index (χ4v) is 5.43. The Morgan fingerprint density at radius 1 is 0.925 bits per heavy atom. The molecule has 1 aromatic heterocycles. The van der Waals surface area contributed by atoms with Crippen LogP contribution in [0.15, 0.2) is 71.9 Å². The minimum Gasteiger partial charge on any atom is -0.493 e. The molecule has 0 bridgehead atoms. The molecule has 0 saturated heterocycles. The van der Waals surface area contributed by atoms with E-state index in [1.165, 1.54) is 0 Å². The molecule has 0 unspecified atom stereocenters. The lowest BCUT2D eigenvalue weighted by Gasteiger charge is -2.17. The largest absolute Gasteiger partial charge is 0.493 e. The van der Waals surface area contributed by atoms with Gasteiger partial charge in [0.15, 0.2) is 22.5 Å². The Labute approximate surface area is 249 Å². The van der Waals surface area contributed by atoms with Gasteiger partial charge in [0.05, 0.1) is 30.0 Å². The molecule has 0 atom stereocenters. The first-order valence-electron chi connectivity index (χ1n) is 12.9. The number of aromatic nitrogens is 3. The molecule has 10 heteroatoms. The standard InChI is InChI=1S/C30H32Cl2N4O3S/c1-35(17-16-21-12-15-26(38-2)27(19-21)39-3)28(37)11-7-8-18-40-30-34-33-29(22-9-5-4-6-10-22)36(30)23-13-14-24(31)25(32)20-23/h4-6,9-10,12-15,19-20H,7-8,11,16-18H2,1-3H3. The summed E-state index contributed by atoms with van der Waals surface area (Å²) in [6, 6.07) is 21.2. The second-order valence-corrected chi connectivity index (χ2v) is 11.0. The van der Waals surface area contributed by atoms with Crippen LogP contribution >= 0.6 is 35.0 Å². The van der Waals surface area contributed by atoms with E-state index in [0.29, 0.717) is 34.5 Å². The molecule has 3 aromatic carbocycles. The fourth-order valence-electron chi connectivity index (χ4n) is 4.18. The van der Waals surface area contributed by atoms with Gasteiger partial charge in [0, 0.05) is 31.3 Å². The smallest absolute Gasteiger partial charge is 0.222 e. The van der Waals surface area contributed by atoms with Gasteiger partial charge in [-0.05, 0) is 55.2 Å². The van der Waals surface area contributed by atoms with Crippen molar-refractivity contribution < 1.29 is 14.3 Å². The van der Waals surface area contributed by atoms with Crippen LogP contribution in [0.5, 0.6) is 11.5 Å². The van der Waals surface area contributed by atoms with E-state index in [2.05, 4.69) is 10.2 Å². The Kier molecular flexibility index (Phi) is 10.7. The Bertz CT molecular complexity index is 1430. The van der Waals surface area contributed by atoms with Crippen molar-refractivity contribution in [2.45, 2.75) is 30.8 Å².